The molecule has 162 valence electrons. The van der Waals surface area contributed by atoms with Crippen LogP contribution in [0.25, 0.3) is 5.69 Å². The van der Waals surface area contributed by atoms with Gasteiger partial charge in [-0.1, -0.05) is 25.4 Å². The van der Waals surface area contributed by atoms with Crippen molar-refractivity contribution in [3.63, 3.8) is 0 Å². The number of aryl methyl sites for hydroxylation is 2. The van der Waals surface area contributed by atoms with Crippen molar-refractivity contribution in [2.75, 3.05) is 11.9 Å². The predicted octanol–water partition coefficient (Wildman–Crippen LogP) is 4.92. The minimum Gasteiger partial charge on any atom is -0.352 e. The molecule has 0 bridgehead atoms. The molecule has 2 aromatic carbocycles. The maximum atomic E-state index is 13.2. The number of hydrogen-bond donors (Lipinski definition) is 2. The fourth-order valence-electron chi connectivity index (χ4n) is 3.04. The summed E-state index contributed by atoms with van der Waals surface area (Å²) in [6.45, 7) is 8.12. The third kappa shape index (κ3) is 5.11. The van der Waals surface area contributed by atoms with Crippen LogP contribution in [-0.4, -0.2) is 28.1 Å². The number of amides is 2. The molecule has 0 atom stereocenters. The lowest BCUT2D eigenvalue weighted by Gasteiger charge is -2.12. The second-order valence-electron chi connectivity index (χ2n) is 7.73. The molecule has 1 aromatic heterocycles. The van der Waals surface area contributed by atoms with Gasteiger partial charge >= 0.3 is 0 Å². The molecule has 3 aromatic rings. The highest BCUT2D eigenvalue weighted by Gasteiger charge is 2.22. The van der Waals surface area contributed by atoms with Crippen LogP contribution >= 0.6 is 11.6 Å². The molecule has 2 N–H and O–H groups in total. The first kappa shape index (κ1) is 22.5. The van der Waals surface area contributed by atoms with Gasteiger partial charge in [-0.2, -0.15) is 5.10 Å². The standard InChI is InChI=1S/C23H24ClFN4O2/c1-13(2)12-26-22(30)16-5-10-19(14(3)11-16)27-23(31)20-15(4)28-29(21(20)24)18-8-6-17(25)7-9-18/h5-11,13H,12H2,1-4H3,(H,26,30)(H,27,31). The van der Waals surface area contributed by atoms with E-state index in [1.54, 1.807) is 25.1 Å². The molecule has 0 fully saturated rings. The lowest BCUT2D eigenvalue weighted by molar-refractivity contribution is 0.0948. The van der Waals surface area contributed by atoms with Crippen LogP contribution in [0.15, 0.2) is 42.5 Å². The van der Waals surface area contributed by atoms with Gasteiger partial charge in [-0.25, -0.2) is 9.07 Å². The Labute approximate surface area is 185 Å². The predicted molar refractivity (Wildman–Crippen MR) is 120 cm³/mol. The van der Waals surface area contributed by atoms with Crippen molar-refractivity contribution < 1.29 is 14.0 Å². The number of nitrogens with zero attached hydrogens (tertiary/aromatic N) is 2. The van der Waals surface area contributed by atoms with E-state index in [1.165, 1.54) is 28.9 Å². The molecule has 0 unspecified atom stereocenters. The Morgan fingerprint density at radius 2 is 1.77 bits per heavy atom. The van der Waals surface area contributed by atoms with E-state index in [-0.39, 0.29) is 22.4 Å². The van der Waals surface area contributed by atoms with Crippen molar-refractivity contribution >= 4 is 29.1 Å². The van der Waals surface area contributed by atoms with Crippen molar-refractivity contribution in [1.82, 2.24) is 15.1 Å². The van der Waals surface area contributed by atoms with Crippen molar-refractivity contribution in [3.05, 3.63) is 75.8 Å². The van der Waals surface area contributed by atoms with Gasteiger partial charge in [0.05, 0.1) is 11.4 Å². The normalized spacial score (nSPS) is 10.9. The van der Waals surface area contributed by atoms with Crippen LogP contribution in [0.3, 0.4) is 0 Å². The van der Waals surface area contributed by atoms with Crippen LogP contribution in [0.5, 0.6) is 0 Å². The lowest BCUT2D eigenvalue weighted by Crippen LogP contribution is -2.27. The molecule has 31 heavy (non-hydrogen) atoms. The molecule has 0 saturated heterocycles. The van der Waals surface area contributed by atoms with Gasteiger partial charge in [-0.15, -0.1) is 0 Å². The molecule has 3 rings (SSSR count). The summed E-state index contributed by atoms with van der Waals surface area (Å²) < 4.78 is 14.6. The molecule has 2 amide bonds. The number of halogens is 2. The van der Waals surface area contributed by atoms with Gasteiger partial charge in [-0.3, -0.25) is 9.59 Å². The van der Waals surface area contributed by atoms with Crippen LogP contribution in [0.2, 0.25) is 5.15 Å². The molecule has 0 spiro atoms. The zero-order valence-corrected chi connectivity index (χ0v) is 18.5. The number of hydrogen-bond acceptors (Lipinski definition) is 3. The first-order valence-electron chi connectivity index (χ1n) is 9.88. The molecule has 1 heterocycles. The first-order chi connectivity index (χ1) is 14.7. The highest BCUT2D eigenvalue weighted by Crippen LogP contribution is 2.26. The van der Waals surface area contributed by atoms with Crippen LogP contribution in [-0.2, 0) is 0 Å². The molecular formula is C23H24ClFN4O2. The monoisotopic (exact) mass is 442 g/mol. The Hall–Kier alpha value is -3.19. The summed E-state index contributed by atoms with van der Waals surface area (Å²) >= 11 is 6.42. The van der Waals surface area contributed by atoms with Gasteiger partial charge in [0.15, 0.2) is 0 Å². The SMILES string of the molecule is Cc1cc(C(=O)NCC(C)C)ccc1NC(=O)c1c(C)nn(-c2ccc(F)cc2)c1Cl. The molecule has 0 radical (unpaired) electrons. The van der Waals surface area contributed by atoms with Gasteiger partial charge < -0.3 is 10.6 Å². The molecule has 0 saturated carbocycles. The number of carbonyl (C=O) groups is 2. The quantitative estimate of drug-likeness (QED) is 0.569. The third-order valence-corrected chi connectivity index (χ3v) is 5.06. The van der Waals surface area contributed by atoms with E-state index in [0.717, 1.165) is 5.56 Å². The van der Waals surface area contributed by atoms with Crippen molar-refractivity contribution in [2.45, 2.75) is 27.7 Å². The Morgan fingerprint density at radius 1 is 1.10 bits per heavy atom. The molecule has 6 nitrogen and oxygen atoms in total. The minimum absolute atomic E-state index is 0.129. The maximum absolute atomic E-state index is 13.2. The minimum atomic E-state index is -0.420. The summed E-state index contributed by atoms with van der Waals surface area (Å²) in [5.41, 5.74) is 3.04. The summed E-state index contributed by atoms with van der Waals surface area (Å²) in [5.74, 6) is -0.601. The smallest absolute Gasteiger partial charge is 0.260 e. The van der Waals surface area contributed by atoms with Crippen molar-refractivity contribution in [1.29, 1.82) is 0 Å². The second kappa shape index (κ2) is 9.31. The average Bonchev–Trinajstić information content (AvgIpc) is 3.02. The summed E-state index contributed by atoms with van der Waals surface area (Å²) in [7, 11) is 0. The number of benzene rings is 2. The van der Waals surface area contributed by atoms with Crippen LogP contribution < -0.4 is 10.6 Å². The van der Waals surface area contributed by atoms with E-state index in [0.29, 0.717) is 35.1 Å². The average molecular weight is 443 g/mol. The van der Waals surface area contributed by atoms with Crippen LogP contribution in [0.4, 0.5) is 10.1 Å². The van der Waals surface area contributed by atoms with Gasteiger partial charge in [0.1, 0.15) is 16.5 Å². The number of anilines is 1. The number of nitrogens with one attached hydrogen (secondary N) is 2. The zero-order chi connectivity index (χ0) is 22.7. The van der Waals surface area contributed by atoms with Crippen molar-refractivity contribution in [3.8, 4) is 5.69 Å². The van der Waals surface area contributed by atoms with E-state index < -0.39 is 5.91 Å². The summed E-state index contributed by atoms with van der Waals surface area (Å²) in [5, 5.41) is 10.1. The van der Waals surface area contributed by atoms with E-state index in [1.807, 2.05) is 20.8 Å². The molecule has 0 aliphatic heterocycles. The lowest BCUT2D eigenvalue weighted by atomic mass is 10.1. The fraction of sp³-hybridized carbons (Fsp3) is 0.261. The number of aromatic nitrogens is 2. The second-order valence-corrected chi connectivity index (χ2v) is 8.09. The topological polar surface area (TPSA) is 76.0 Å². The van der Waals surface area contributed by atoms with Crippen LogP contribution in [0, 0.1) is 25.6 Å². The fourth-order valence-corrected chi connectivity index (χ4v) is 3.40. The largest absolute Gasteiger partial charge is 0.352 e. The van der Waals surface area contributed by atoms with E-state index in [4.69, 9.17) is 11.6 Å². The Bertz CT molecular complexity index is 1120. The van der Waals surface area contributed by atoms with Gasteiger partial charge in [0.25, 0.3) is 11.8 Å². The number of carbonyl (C=O) groups excluding carboxylic acids is 2. The van der Waals surface area contributed by atoms with Gasteiger partial charge in [-0.05, 0) is 67.8 Å². The molecule has 0 aliphatic rings. The van der Waals surface area contributed by atoms with Crippen LogP contribution in [0.1, 0.15) is 45.8 Å². The van der Waals surface area contributed by atoms with Gasteiger partial charge in [0.2, 0.25) is 0 Å². The highest BCUT2D eigenvalue weighted by molar-refractivity contribution is 6.34. The van der Waals surface area contributed by atoms with E-state index in [9.17, 15) is 14.0 Å². The molecular weight excluding hydrogens is 419 g/mol. The van der Waals surface area contributed by atoms with E-state index >= 15 is 0 Å². The summed E-state index contributed by atoms with van der Waals surface area (Å²) in [6.07, 6.45) is 0. The molecule has 0 aliphatic carbocycles. The highest BCUT2D eigenvalue weighted by atomic mass is 35.5. The third-order valence-electron chi connectivity index (χ3n) is 4.71. The summed E-state index contributed by atoms with van der Waals surface area (Å²) in [6, 6.07) is 10.7. The Kier molecular flexibility index (Phi) is 6.75. The Balaban J connectivity index is 1.80. The first-order valence-corrected chi connectivity index (χ1v) is 10.3. The van der Waals surface area contributed by atoms with Gasteiger partial charge in [0, 0.05) is 17.8 Å². The van der Waals surface area contributed by atoms with Crippen molar-refractivity contribution in [2.24, 2.45) is 5.92 Å². The molecule has 8 heteroatoms. The van der Waals surface area contributed by atoms with E-state index in [2.05, 4.69) is 15.7 Å². The summed E-state index contributed by atoms with van der Waals surface area (Å²) in [4.78, 5) is 25.2. The Morgan fingerprint density at radius 3 is 2.39 bits per heavy atom. The zero-order valence-electron chi connectivity index (χ0n) is 17.8. The number of rotatable bonds is 6. The maximum Gasteiger partial charge on any atom is 0.260 e.